The molecule has 104 valence electrons. The Kier molecular flexibility index (Phi) is 5.60. The molecule has 2 rings (SSSR count). The second-order valence-corrected chi connectivity index (χ2v) is 6.77. The fourth-order valence-corrected chi connectivity index (χ4v) is 3.65. The molecule has 1 saturated carbocycles. The van der Waals surface area contributed by atoms with Crippen LogP contribution in [-0.2, 0) is 4.79 Å². The van der Waals surface area contributed by atoms with Gasteiger partial charge in [-0.05, 0) is 59.7 Å². The van der Waals surface area contributed by atoms with Gasteiger partial charge in [-0.1, -0.05) is 0 Å². The molecule has 1 fully saturated rings. The number of hydrogen-bond donors (Lipinski definition) is 2. The highest BCUT2D eigenvalue weighted by atomic mass is 79.9. The van der Waals surface area contributed by atoms with Gasteiger partial charge >= 0.3 is 0 Å². The molecule has 0 saturated heterocycles. The lowest BCUT2D eigenvalue weighted by atomic mass is 9.86. The van der Waals surface area contributed by atoms with Crippen molar-refractivity contribution in [3.63, 3.8) is 0 Å². The summed E-state index contributed by atoms with van der Waals surface area (Å²) in [6.07, 6.45) is 7.37. The summed E-state index contributed by atoms with van der Waals surface area (Å²) in [5, 5.41) is 14.1. The van der Waals surface area contributed by atoms with Crippen LogP contribution in [0.2, 0.25) is 0 Å². The Morgan fingerprint density at radius 3 is 2.79 bits per heavy atom. The maximum absolute atomic E-state index is 11.8. The average Bonchev–Trinajstić information content (AvgIpc) is 2.83. The molecule has 0 radical (unpaired) electrons. The normalized spacial score (nSPS) is 23.7. The van der Waals surface area contributed by atoms with Crippen LogP contribution in [-0.4, -0.2) is 23.7 Å². The zero-order chi connectivity index (χ0) is 13.7. The molecule has 0 atom stereocenters. The standard InChI is InChI=1S/C14H18BrNO2S/c15-11-7-13(19-9-11)5-6-14(18)16-12-3-1-10(8-17)2-4-12/h5-7,9-10,12,17H,1-4,8H2,(H,16,18)/b6-5+. The van der Waals surface area contributed by atoms with Crippen molar-refractivity contribution in [1.29, 1.82) is 0 Å². The molecular weight excluding hydrogens is 326 g/mol. The van der Waals surface area contributed by atoms with Crippen molar-refractivity contribution < 1.29 is 9.90 Å². The van der Waals surface area contributed by atoms with Gasteiger partial charge in [0.25, 0.3) is 0 Å². The van der Waals surface area contributed by atoms with Crippen LogP contribution in [0, 0.1) is 5.92 Å². The Hall–Kier alpha value is -0.650. The molecule has 1 aromatic rings. The first-order chi connectivity index (χ1) is 9.17. The molecule has 1 heterocycles. The largest absolute Gasteiger partial charge is 0.396 e. The molecule has 19 heavy (non-hydrogen) atoms. The summed E-state index contributed by atoms with van der Waals surface area (Å²) in [4.78, 5) is 12.8. The fourth-order valence-electron chi connectivity index (χ4n) is 2.31. The van der Waals surface area contributed by atoms with E-state index in [-0.39, 0.29) is 18.6 Å². The zero-order valence-electron chi connectivity index (χ0n) is 10.6. The Labute approximate surface area is 125 Å². The third-order valence-corrected chi connectivity index (χ3v) is 5.10. The maximum Gasteiger partial charge on any atom is 0.244 e. The summed E-state index contributed by atoms with van der Waals surface area (Å²) in [5.41, 5.74) is 0. The lowest BCUT2D eigenvalue weighted by Gasteiger charge is -2.27. The van der Waals surface area contributed by atoms with Crippen molar-refractivity contribution in [3.05, 3.63) is 26.9 Å². The first-order valence-electron chi connectivity index (χ1n) is 6.51. The topological polar surface area (TPSA) is 49.3 Å². The van der Waals surface area contributed by atoms with Gasteiger partial charge in [-0.15, -0.1) is 11.3 Å². The molecule has 1 aromatic heterocycles. The summed E-state index contributed by atoms with van der Waals surface area (Å²) in [6, 6.07) is 2.25. The highest BCUT2D eigenvalue weighted by molar-refractivity contribution is 9.10. The second-order valence-electron chi connectivity index (χ2n) is 4.91. The van der Waals surface area contributed by atoms with Crippen molar-refractivity contribution in [2.45, 2.75) is 31.7 Å². The van der Waals surface area contributed by atoms with Crippen LogP contribution < -0.4 is 5.32 Å². The van der Waals surface area contributed by atoms with Gasteiger partial charge in [-0.25, -0.2) is 0 Å². The number of aliphatic hydroxyl groups is 1. The fraction of sp³-hybridized carbons (Fsp3) is 0.500. The summed E-state index contributed by atoms with van der Waals surface area (Å²) >= 11 is 4.99. The number of halogens is 1. The minimum atomic E-state index is -0.0306. The van der Waals surface area contributed by atoms with Gasteiger partial charge in [0.15, 0.2) is 0 Å². The summed E-state index contributed by atoms with van der Waals surface area (Å²) in [6.45, 7) is 0.272. The predicted molar refractivity (Wildman–Crippen MR) is 82.0 cm³/mol. The molecule has 2 N–H and O–H groups in total. The van der Waals surface area contributed by atoms with Crippen LogP contribution in [0.5, 0.6) is 0 Å². The number of amides is 1. The smallest absolute Gasteiger partial charge is 0.244 e. The highest BCUT2D eigenvalue weighted by Crippen LogP contribution is 2.24. The number of carbonyl (C=O) groups excluding carboxylic acids is 1. The Bertz CT molecular complexity index is 450. The van der Waals surface area contributed by atoms with Gasteiger partial charge in [-0.2, -0.15) is 0 Å². The molecule has 0 spiro atoms. The first kappa shape index (κ1) is 14.8. The van der Waals surface area contributed by atoms with Gasteiger partial charge in [0.05, 0.1) is 0 Å². The van der Waals surface area contributed by atoms with Gasteiger partial charge in [0.1, 0.15) is 0 Å². The third kappa shape index (κ3) is 4.75. The van der Waals surface area contributed by atoms with E-state index in [0.29, 0.717) is 5.92 Å². The van der Waals surface area contributed by atoms with E-state index >= 15 is 0 Å². The predicted octanol–water partition coefficient (Wildman–Crippen LogP) is 3.19. The SMILES string of the molecule is O=C(/C=C/c1cc(Br)cs1)NC1CCC(CO)CC1. The highest BCUT2D eigenvalue weighted by Gasteiger charge is 2.21. The molecule has 5 heteroatoms. The quantitative estimate of drug-likeness (QED) is 0.824. The number of hydrogen-bond acceptors (Lipinski definition) is 3. The van der Waals surface area contributed by atoms with E-state index in [0.717, 1.165) is 35.0 Å². The lowest BCUT2D eigenvalue weighted by Crippen LogP contribution is -2.37. The van der Waals surface area contributed by atoms with E-state index in [9.17, 15) is 4.79 Å². The summed E-state index contributed by atoms with van der Waals surface area (Å²) < 4.78 is 1.04. The molecule has 1 amide bonds. The molecule has 1 aliphatic carbocycles. The van der Waals surface area contributed by atoms with Crippen molar-refractivity contribution in [1.82, 2.24) is 5.32 Å². The number of rotatable bonds is 4. The summed E-state index contributed by atoms with van der Waals surface area (Å²) in [5.74, 6) is 0.393. The van der Waals surface area contributed by atoms with Crippen LogP contribution in [0.4, 0.5) is 0 Å². The van der Waals surface area contributed by atoms with Crippen LogP contribution in [0.15, 0.2) is 22.0 Å². The third-order valence-electron chi connectivity index (χ3n) is 3.44. The van der Waals surface area contributed by atoms with E-state index in [2.05, 4.69) is 21.2 Å². The van der Waals surface area contributed by atoms with Crippen molar-refractivity contribution >= 4 is 39.2 Å². The Balaban J connectivity index is 1.77. The van der Waals surface area contributed by atoms with E-state index in [1.54, 1.807) is 17.4 Å². The minimum absolute atomic E-state index is 0.0306. The zero-order valence-corrected chi connectivity index (χ0v) is 13.0. The van der Waals surface area contributed by atoms with Gasteiger partial charge in [-0.3, -0.25) is 4.79 Å². The van der Waals surface area contributed by atoms with E-state index < -0.39 is 0 Å². The van der Waals surface area contributed by atoms with Crippen molar-refractivity contribution in [2.75, 3.05) is 6.61 Å². The van der Waals surface area contributed by atoms with E-state index in [1.807, 2.05) is 17.5 Å². The molecular formula is C14H18BrNO2S. The van der Waals surface area contributed by atoms with Crippen LogP contribution in [0.25, 0.3) is 6.08 Å². The first-order valence-corrected chi connectivity index (χ1v) is 8.18. The van der Waals surface area contributed by atoms with Crippen LogP contribution >= 0.6 is 27.3 Å². The number of nitrogens with one attached hydrogen (secondary N) is 1. The monoisotopic (exact) mass is 343 g/mol. The molecule has 3 nitrogen and oxygen atoms in total. The molecule has 0 aromatic carbocycles. The Morgan fingerprint density at radius 2 is 2.21 bits per heavy atom. The average molecular weight is 344 g/mol. The van der Waals surface area contributed by atoms with Crippen molar-refractivity contribution in [2.24, 2.45) is 5.92 Å². The van der Waals surface area contributed by atoms with Gasteiger partial charge in [0, 0.05) is 33.5 Å². The summed E-state index contributed by atoms with van der Waals surface area (Å²) in [7, 11) is 0. The van der Waals surface area contributed by atoms with Gasteiger partial charge < -0.3 is 10.4 Å². The number of carbonyl (C=O) groups is 1. The second kappa shape index (κ2) is 7.22. The van der Waals surface area contributed by atoms with E-state index in [1.165, 1.54) is 0 Å². The van der Waals surface area contributed by atoms with Crippen molar-refractivity contribution in [3.8, 4) is 0 Å². The van der Waals surface area contributed by atoms with Crippen LogP contribution in [0.3, 0.4) is 0 Å². The molecule has 0 unspecified atom stereocenters. The number of thiophene rings is 1. The number of aliphatic hydroxyl groups excluding tert-OH is 1. The van der Waals surface area contributed by atoms with Crippen LogP contribution in [0.1, 0.15) is 30.6 Å². The maximum atomic E-state index is 11.8. The Morgan fingerprint density at radius 1 is 1.47 bits per heavy atom. The van der Waals surface area contributed by atoms with Gasteiger partial charge in [0.2, 0.25) is 5.91 Å². The molecule has 1 aliphatic rings. The molecule has 0 bridgehead atoms. The minimum Gasteiger partial charge on any atom is -0.396 e. The lowest BCUT2D eigenvalue weighted by molar-refractivity contribution is -0.117. The molecule has 0 aliphatic heterocycles. The van der Waals surface area contributed by atoms with E-state index in [4.69, 9.17) is 5.11 Å².